The number of hydrogen-bond acceptors (Lipinski definition) is 5. The summed E-state index contributed by atoms with van der Waals surface area (Å²) >= 11 is 6.28. The molecular weight excluding hydrogens is 375 g/mol. The predicted molar refractivity (Wildman–Crippen MR) is 101 cm³/mol. The van der Waals surface area contributed by atoms with E-state index in [0.29, 0.717) is 22.5 Å². The minimum absolute atomic E-state index is 0. The van der Waals surface area contributed by atoms with E-state index >= 15 is 0 Å². The van der Waals surface area contributed by atoms with Gasteiger partial charge in [0.1, 0.15) is 0 Å². The van der Waals surface area contributed by atoms with E-state index in [-0.39, 0.29) is 30.7 Å². The second-order valence-corrected chi connectivity index (χ2v) is 6.04. The Labute approximate surface area is 157 Å². The number of benzene rings is 1. The van der Waals surface area contributed by atoms with E-state index in [1.165, 1.54) is 0 Å². The third-order valence-corrected chi connectivity index (χ3v) is 4.46. The maximum atomic E-state index is 11.1. The van der Waals surface area contributed by atoms with Gasteiger partial charge < -0.3 is 15.1 Å². The van der Waals surface area contributed by atoms with Gasteiger partial charge in [-0.15, -0.1) is 29.9 Å². The molecule has 1 saturated heterocycles. The normalized spacial score (nSPS) is 15.9. The van der Waals surface area contributed by atoms with Crippen molar-refractivity contribution in [3.8, 4) is 11.5 Å². The molecule has 1 aliphatic rings. The van der Waals surface area contributed by atoms with Crippen molar-refractivity contribution in [3.63, 3.8) is 0 Å². The van der Waals surface area contributed by atoms with Crippen LogP contribution in [-0.2, 0) is 0 Å². The number of hydrogen-bond donors (Lipinski definition) is 3. The Bertz CT molecular complexity index is 698. The Morgan fingerprint density at radius 1 is 1.33 bits per heavy atom. The molecule has 1 aliphatic heterocycles. The largest absolute Gasteiger partial charge is 0.434 e. The van der Waals surface area contributed by atoms with Crippen LogP contribution in [0.1, 0.15) is 19.8 Å². The molecule has 0 unspecified atom stereocenters. The average Bonchev–Trinajstić information content (AvgIpc) is 2.97. The summed E-state index contributed by atoms with van der Waals surface area (Å²) in [4.78, 5) is 11.1. The molecule has 9 heteroatoms. The Morgan fingerprint density at radius 3 is 2.67 bits per heavy atom. The lowest BCUT2D eigenvalue weighted by Gasteiger charge is -2.29. The Morgan fingerprint density at radius 2 is 2.04 bits per heavy atom. The second kappa shape index (κ2) is 9.32. The summed E-state index contributed by atoms with van der Waals surface area (Å²) < 4.78 is 4.98. The quantitative estimate of drug-likeness (QED) is 0.739. The summed E-state index contributed by atoms with van der Waals surface area (Å²) in [5.41, 5.74) is 1.54. The summed E-state index contributed by atoms with van der Waals surface area (Å²) in [6.45, 7) is 4.29. The first kappa shape index (κ1) is 20.8. The number of nitrogens with one attached hydrogen (secondary N) is 3. The number of anilines is 1. The predicted octanol–water partition coefficient (Wildman–Crippen LogP) is 3.33. The highest BCUT2D eigenvalue weighted by Gasteiger charge is 2.20. The fourth-order valence-electron chi connectivity index (χ4n) is 2.83. The van der Waals surface area contributed by atoms with Gasteiger partial charge in [-0.25, -0.2) is 9.89 Å². The lowest BCUT2D eigenvalue weighted by atomic mass is 9.91. The molecule has 0 bridgehead atoms. The van der Waals surface area contributed by atoms with Gasteiger partial charge in [-0.05, 0) is 57.0 Å². The monoisotopic (exact) mass is 394 g/mol. The van der Waals surface area contributed by atoms with Gasteiger partial charge >= 0.3 is 5.76 Å². The van der Waals surface area contributed by atoms with Crippen molar-refractivity contribution in [3.05, 3.63) is 33.8 Å². The van der Waals surface area contributed by atoms with E-state index in [9.17, 15) is 4.79 Å². The minimum atomic E-state index is -0.567. The number of nitrogens with zero attached hydrogens (tertiary/aromatic N) is 1. The topological polar surface area (TPSA) is 83.0 Å². The third kappa shape index (κ3) is 4.89. The Hall–Kier alpha value is -1.21. The van der Waals surface area contributed by atoms with Crippen molar-refractivity contribution < 1.29 is 4.42 Å². The molecule has 3 rings (SSSR count). The SMILES string of the molecule is C[C@H](Nc1cc(-c2n[nH]c(=O)o2)ccc1Cl)C1CCNCC1.Cl.Cl. The van der Waals surface area contributed by atoms with E-state index in [1.807, 2.05) is 6.07 Å². The molecule has 2 aromatic rings. The fraction of sp³-hybridized carbons (Fsp3) is 0.467. The molecule has 134 valence electrons. The zero-order chi connectivity index (χ0) is 15.5. The van der Waals surface area contributed by atoms with Crippen molar-refractivity contribution in [2.75, 3.05) is 18.4 Å². The Kier molecular flexibility index (Phi) is 8.09. The molecule has 3 N–H and O–H groups in total. The molecule has 0 amide bonds. The molecule has 1 aromatic carbocycles. The standard InChI is InChI=1S/C15H19ClN4O2.2ClH/c1-9(10-4-6-17-7-5-10)18-13-8-11(2-3-12(13)16)14-19-20-15(21)22-14;;/h2-3,8-10,17-18H,4-7H2,1H3,(H,20,21);2*1H/t9-;;/m0../s1. The van der Waals surface area contributed by atoms with Gasteiger partial charge in [-0.1, -0.05) is 11.6 Å². The molecule has 1 atom stereocenters. The zero-order valence-corrected chi connectivity index (χ0v) is 15.6. The van der Waals surface area contributed by atoms with Crippen molar-refractivity contribution in [2.45, 2.75) is 25.8 Å². The van der Waals surface area contributed by atoms with E-state index in [0.717, 1.165) is 31.6 Å². The highest BCUT2D eigenvalue weighted by Crippen LogP contribution is 2.29. The number of halogens is 3. The second-order valence-electron chi connectivity index (χ2n) is 5.63. The molecule has 1 fully saturated rings. The van der Waals surface area contributed by atoms with Crippen LogP contribution in [0.4, 0.5) is 5.69 Å². The molecule has 24 heavy (non-hydrogen) atoms. The third-order valence-electron chi connectivity index (χ3n) is 4.13. The number of aromatic nitrogens is 2. The molecule has 0 spiro atoms. The van der Waals surface area contributed by atoms with Gasteiger partial charge in [0.15, 0.2) is 0 Å². The van der Waals surface area contributed by atoms with E-state index in [1.54, 1.807) is 12.1 Å². The number of piperidine rings is 1. The van der Waals surface area contributed by atoms with Gasteiger partial charge in [0.05, 0.1) is 10.7 Å². The highest BCUT2D eigenvalue weighted by molar-refractivity contribution is 6.33. The van der Waals surface area contributed by atoms with Crippen LogP contribution in [0.2, 0.25) is 5.02 Å². The first-order chi connectivity index (χ1) is 10.6. The van der Waals surface area contributed by atoms with Crippen LogP contribution < -0.4 is 16.4 Å². The summed E-state index contributed by atoms with van der Waals surface area (Å²) in [6, 6.07) is 5.74. The van der Waals surface area contributed by atoms with Crippen LogP contribution in [0.5, 0.6) is 0 Å². The van der Waals surface area contributed by atoms with Crippen molar-refractivity contribution in [1.82, 2.24) is 15.5 Å². The van der Waals surface area contributed by atoms with Crippen molar-refractivity contribution >= 4 is 42.1 Å². The molecule has 2 heterocycles. The molecule has 0 aliphatic carbocycles. The van der Waals surface area contributed by atoms with Crippen LogP contribution in [0.15, 0.2) is 27.4 Å². The van der Waals surface area contributed by atoms with Gasteiger partial charge in [0, 0.05) is 11.6 Å². The maximum Gasteiger partial charge on any atom is 0.434 e. The highest BCUT2D eigenvalue weighted by atomic mass is 35.5. The summed E-state index contributed by atoms with van der Waals surface area (Å²) in [5, 5.41) is 13.6. The van der Waals surface area contributed by atoms with Crippen molar-refractivity contribution in [2.24, 2.45) is 5.92 Å². The maximum absolute atomic E-state index is 11.1. The van der Waals surface area contributed by atoms with E-state index < -0.39 is 5.76 Å². The summed E-state index contributed by atoms with van der Waals surface area (Å²) in [7, 11) is 0. The first-order valence-corrected chi connectivity index (χ1v) is 7.84. The zero-order valence-electron chi connectivity index (χ0n) is 13.2. The minimum Gasteiger partial charge on any atom is -0.388 e. The molecule has 6 nitrogen and oxygen atoms in total. The molecule has 1 aromatic heterocycles. The van der Waals surface area contributed by atoms with Crippen LogP contribution in [-0.4, -0.2) is 29.3 Å². The number of rotatable bonds is 4. The lowest BCUT2D eigenvalue weighted by molar-refractivity contribution is 0.343. The first-order valence-electron chi connectivity index (χ1n) is 7.46. The van der Waals surface area contributed by atoms with Gasteiger partial charge in [0.2, 0.25) is 5.89 Å². The van der Waals surface area contributed by atoms with Crippen LogP contribution >= 0.6 is 36.4 Å². The van der Waals surface area contributed by atoms with Crippen molar-refractivity contribution in [1.29, 1.82) is 0 Å². The molecule has 0 radical (unpaired) electrons. The van der Waals surface area contributed by atoms with Crippen LogP contribution in [0.3, 0.4) is 0 Å². The molecular formula is C15H21Cl3N4O2. The summed E-state index contributed by atoms with van der Waals surface area (Å²) in [5.74, 6) is 0.311. The van der Waals surface area contributed by atoms with E-state index in [2.05, 4.69) is 27.8 Å². The molecule has 0 saturated carbocycles. The smallest absolute Gasteiger partial charge is 0.388 e. The van der Waals surface area contributed by atoms with Crippen LogP contribution in [0.25, 0.3) is 11.5 Å². The lowest BCUT2D eigenvalue weighted by Crippen LogP contribution is -2.36. The average molecular weight is 396 g/mol. The fourth-order valence-corrected chi connectivity index (χ4v) is 3.00. The van der Waals surface area contributed by atoms with Gasteiger partial charge in [-0.2, -0.15) is 0 Å². The van der Waals surface area contributed by atoms with E-state index in [4.69, 9.17) is 16.0 Å². The summed E-state index contributed by atoms with van der Waals surface area (Å²) in [6.07, 6.45) is 2.30. The van der Waals surface area contributed by atoms with Crippen LogP contribution in [0, 0.1) is 5.92 Å². The number of aromatic amines is 1. The van der Waals surface area contributed by atoms with Gasteiger partial charge in [-0.3, -0.25) is 0 Å². The Balaban J connectivity index is 0.00000144. The number of H-pyrrole nitrogens is 1. The van der Waals surface area contributed by atoms with Gasteiger partial charge in [0.25, 0.3) is 0 Å².